The second-order valence-corrected chi connectivity index (χ2v) is 2.46. The van der Waals surface area contributed by atoms with Crippen LogP contribution in [-0.4, -0.2) is 25.0 Å². The first kappa shape index (κ1) is 7.66. The van der Waals surface area contributed by atoms with Crippen LogP contribution in [0.1, 0.15) is 5.82 Å². The Kier molecular flexibility index (Phi) is 1.87. The highest BCUT2D eigenvalue weighted by molar-refractivity contribution is 5.19. The van der Waals surface area contributed by atoms with Gasteiger partial charge in [0.25, 0.3) is 0 Å². The van der Waals surface area contributed by atoms with Crippen molar-refractivity contribution in [1.82, 2.24) is 25.0 Å². The summed E-state index contributed by atoms with van der Waals surface area (Å²) in [5, 5.41) is 7.82. The van der Waals surface area contributed by atoms with E-state index in [2.05, 4.69) is 20.2 Å². The zero-order valence-corrected chi connectivity index (χ0v) is 6.83. The molecule has 6 nitrogen and oxygen atoms in total. The number of nitrogens with two attached hydrogens (primary N) is 1. The van der Waals surface area contributed by atoms with Gasteiger partial charge in [0.1, 0.15) is 6.54 Å². The van der Waals surface area contributed by atoms with Gasteiger partial charge in [-0.15, -0.1) is 5.10 Å². The third-order valence-corrected chi connectivity index (χ3v) is 1.46. The molecule has 0 aliphatic rings. The van der Waals surface area contributed by atoms with Gasteiger partial charge >= 0.3 is 0 Å². The summed E-state index contributed by atoms with van der Waals surface area (Å²) in [6.45, 7) is 0.442. The van der Waals surface area contributed by atoms with Crippen molar-refractivity contribution in [3.05, 3.63) is 30.5 Å². The summed E-state index contributed by atoms with van der Waals surface area (Å²) >= 11 is 0. The van der Waals surface area contributed by atoms with Crippen LogP contribution in [0.4, 0.5) is 5.82 Å². The van der Waals surface area contributed by atoms with Crippen LogP contribution in [0.25, 0.3) is 0 Å². The summed E-state index contributed by atoms with van der Waals surface area (Å²) in [6.07, 6.45) is 4.84. The predicted octanol–water partition coefficient (Wildman–Crippen LogP) is -0.301. The number of rotatable bonds is 2. The van der Waals surface area contributed by atoms with E-state index in [1.165, 1.54) is 11.0 Å². The van der Waals surface area contributed by atoms with Gasteiger partial charge in [0.15, 0.2) is 11.6 Å². The Morgan fingerprint density at radius 3 is 2.69 bits per heavy atom. The molecule has 2 rings (SSSR count). The zero-order chi connectivity index (χ0) is 9.10. The molecule has 0 spiro atoms. The number of nitrogen functional groups attached to an aromatic ring is 1. The normalized spacial score (nSPS) is 10.2. The molecular weight excluding hydrogens is 168 g/mol. The van der Waals surface area contributed by atoms with Gasteiger partial charge in [-0.25, -0.2) is 9.97 Å². The molecule has 0 unspecified atom stereocenters. The largest absolute Gasteiger partial charge is 0.381 e. The molecule has 2 N–H and O–H groups in total. The Bertz CT molecular complexity index is 381. The number of hydrogen-bond donors (Lipinski definition) is 1. The van der Waals surface area contributed by atoms with E-state index >= 15 is 0 Å². The van der Waals surface area contributed by atoms with E-state index in [0.29, 0.717) is 18.2 Å². The molecule has 6 heteroatoms. The predicted molar refractivity (Wildman–Crippen MR) is 45.6 cm³/mol. The van der Waals surface area contributed by atoms with Crippen molar-refractivity contribution in [1.29, 1.82) is 0 Å². The Labute approximate surface area is 74.4 Å². The third-order valence-electron chi connectivity index (χ3n) is 1.46. The third kappa shape index (κ3) is 1.78. The van der Waals surface area contributed by atoms with Crippen LogP contribution in [0.5, 0.6) is 0 Å². The highest BCUT2D eigenvalue weighted by atomic mass is 15.5. The maximum absolute atomic E-state index is 5.40. The first-order valence-electron chi connectivity index (χ1n) is 3.76. The van der Waals surface area contributed by atoms with Crippen molar-refractivity contribution >= 4 is 5.82 Å². The second-order valence-electron chi connectivity index (χ2n) is 2.46. The van der Waals surface area contributed by atoms with Crippen molar-refractivity contribution in [2.45, 2.75) is 6.54 Å². The van der Waals surface area contributed by atoms with E-state index in [1.54, 1.807) is 18.5 Å². The Balaban J connectivity index is 2.15. The smallest absolute Gasteiger partial charge is 0.165 e. The average Bonchev–Trinajstić information content (AvgIpc) is 2.53. The average molecular weight is 176 g/mol. The minimum atomic E-state index is 0.399. The number of anilines is 1. The highest BCUT2D eigenvalue weighted by Gasteiger charge is 1.99. The number of aromatic nitrogens is 5. The van der Waals surface area contributed by atoms with Crippen molar-refractivity contribution in [3.8, 4) is 0 Å². The molecule has 0 bridgehead atoms. The van der Waals surface area contributed by atoms with Crippen LogP contribution < -0.4 is 5.73 Å². The molecule has 0 aliphatic heterocycles. The molecule has 0 fully saturated rings. The lowest BCUT2D eigenvalue weighted by Crippen LogP contribution is -2.07. The Morgan fingerprint density at radius 2 is 2.08 bits per heavy atom. The minimum absolute atomic E-state index is 0.399. The molecule has 2 aromatic heterocycles. The fourth-order valence-electron chi connectivity index (χ4n) is 0.925. The van der Waals surface area contributed by atoms with E-state index in [4.69, 9.17) is 5.73 Å². The maximum Gasteiger partial charge on any atom is 0.165 e. The lowest BCUT2D eigenvalue weighted by molar-refractivity contribution is 0.572. The highest BCUT2D eigenvalue weighted by Crippen LogP contribution is 1.94. The first-order chi connectivity index (χ1) is 6.34. The SMILES string of the molecule is Nc1cnn(Cc2ncccn2)n1. The van der Waals surface area contributed by atoms with Gasteiger partial charge in [-0.05, 0) is 6.07 Å². The lowest BCUT2D eigenvalue weighted by atomic mass is 10.5. The molecule has 0 atom stereocenters. The van der Waals surface area contributed by atoms with Gasteiger partial charge in [0.2, 0.25) is 0 Å². The number of nitrogens with zero attached hydrogens (tertiary/aromatic N) is 5. The van der Waals surface area contributed by atoms with Gasteiger partial charge < -0.3 is 5.73 Å². The van der Waals surface area contributed by atoms with E-state index < -0.39 is 0 Å². The zero-order valence-electron chi connectivity index (χ0n) is 6.83. The summed E-state index contributed by atoms with van der Waals surface area (Å²) in [4.78, 5) is 9.51. The monoisotopic (exact) mass is 176 g/mol. The van der Waals surface area contributed by atoms with Gasteiger partial charge in [0, 0.05) is 12.4 Å². The van der Waals surface area contributed by atoms with E-state index in [0.717, 1.165) is 0 Å². The van der Waals surface area contributed by atoms with Crippen LogP contribution in [0.2, 0.25) is 0 Å². The summed E-state index contributed by atoms with van der Waals surface area (Å²) in [5.41, 5.74) is 5.40. The van der Waals surface area contributed by atoms with Crippen LogP contribution in [0.3, 0.4) is 0 Å². The molecule has 2 aromatic rings. The second kappa shape index (κ2) is 3.18. The van der Waals surface area contributed by atoms with Crippen LogP contribution in [-0.2, 0) is 6.54 Å². The van der Waals surface area contributed by atoms with Gasteiger partial charge in [-0.2, -0.15) is 9.90 Å². The molecule has 0 aromatic carbocycles. The lowest BCUT2D eigenvalue weighted by Gasteiger charge is -1.96. The van der Waals surface area contributed by atoms with Crippen LogP contribution in [0.15, 0.2) is 24.7 Å². The fourth-order valence-corrected chi connectivity index (χ4v) is 0.925. The topological polar surface area (TPSA) is 82.5 Å². The molecule has 0 saturated heterocycles. The molecule has 0 radical (unpaired) electrons. The quantitative estimate of drug-likeness (QED) is 0.679. The minimum Gasteiger partial charge on any atom is -0.381 e. The van der Waals surface area contributed by atoms with Crippen molar-refractivity contribution in [2.24, 2.45) is 0 Å². The van der Waals surface area contributed by atoms with Crippen molar-refractivity contribution < 1.29 is 0 Å². The molecule has 0 aliphatic carbocycles. The summed E-state index contributed by atoms with van der Waals surface area (Å²) in [7, 11) is 0. The van der Waals surface area contributed by atoms with Crippen molar-refractivity contribution in [2.75, 3.05) is 5.73 Å². The maximum atomic E-state index is 5.40. The summed E-state index contributed by atoms with van der Waals surface area (Å²) < 4.78 is 0. The Morgan fingerprint density at radius 1 is 1.31 bits per heavy atom. The van der Waals surface area contributed by atoms with Crippen LogP contribution in [0, 0.1) is 0 Å². The van der Waals surface area contributed by atoms with E-state index in [-0.39, 0.29) is 0 Å². The first-order valence-corrected chi connectivity index (χ1v) is 3.76. The summed E-state index contributed by atoms with van der Waals surface area (Å²) in [6, 6.07) is 1.76. The van der Waals surface area contributed by atoms with Gasteiger partial charge in [-0.3, -0.25) is 0 Å². The standard InChI is InChI=1S/C7H8N6/c8-6-4-11-13(12-6)5-7-9-2-1-3-10-7/h1-4H,5H2,(H2,8,12). The molecule has 66 valence electrons. The van der Waals surface area contributed by atoms with Crippen LogP contribution >= 0.6 is 0 Å². The molecule has 0 amide bonds. The molecule has 2 heterocycles. The van der Waals surface area contributed by atoms with Gasteiger partial charge in [-0.1, -0.05) is 0 Å². The van der Waals surface area contributed by atoms with Crippen molar-refractivity contribution in [3.63, 3.8) is 0 Å². The van der Waals surface area contributed by atoms with Gasteiger partial charge in [0.05, 0.1) is 6.20 Å². The van der Waals surface area contributed by atoms with E-state index in [1.807, 2.05) is 0 Å². The molecule has 13 heavy (non-hydrogen) atoms. The number of hydrogen-bond acceptors (Lipinski definition) is 5. The fraction of sp³-hybridized carbons (Fsp3) is 0.143. The molecule has 0 saturated carbocycles. The van der Waals surface area contributed by atoms with E-state index in [9.17, 15) is 0 Å². The molecular formula is C7H8N6. The Hall–Kier alpha value is -1.98. The summed E-state index contributed by atoms with van der Waals surface area (Å²) in [5.74, 6) is 1.06.